The minimum Gasteiger partial charge on any atom is -0.308 e. The molecule has 84 valence electrons. The molecule has 0 radical (unpaired) electrons. The molecule has 2 aromatic rings. The van der Waals surface area contributed by atoms with Crippen LogP contribution in [-0.4, -0.2) is 0 Å². The van der Waals surface area contributed by atoms with Crippen molar-refractivity contribution in [1.82, 2.24) is 5.32 Å². The molecule has 0 fully saturated rings. The van der Waals surface area contributed by atoms with Crippen molar-refractivity contribution < 1.29 is 0 Å². The van der Waals surface area contributed by atoms with Crippen LogP contribution in [0.15, 0.2) is 40.2 Å². The van der Waals surface area contributed by atoms with E-state index >= 15 is 0 Å². The van der Waals surface area contributed by atoms with Crippen molar-refractivity contribution in [3.05, 3.63) is 56.2 Å². The normalized spacial score (nSPS) is 10.6. The van der Waals surface area contributed by atoms with E-state index in [9.17, 15) is 0 Å². The Morgan fingerprint density at radius 3 is 2.88 bits per heavy atom. The monoisotopic (exact) mass is 295 g/mol. The third-order valence-corrected chi connectivity index (χ3v) is 3.88. The van der Waals surface area contributed by atoms with Gasteiger partial charge in [0.15, 0.2) is 0 Å². The van der Waals surface area contributed by atoms with Crippen LogP contribution in [0.4, 0.5) is 0 Å². The van der Waals surface area contributed by atoms with E-state index in [1.54, 1.807) is 11.3 Å². The number of thiophene rings is 1. The van der Waals surface area contributed by atoms with Gasteiger partial charge in [0.25, 0.3) is 0 Å². The number of aryl methyl sites for hydroxylation is 1. The van der Waals surface area contributed by atoms with E-state index in [1.807, 2.05) is 0 Å². The van der Waals surface area contributed by atoms with Gasteiger partial charge in [-0.05, 0) is 41.6 Å². The Hall–Kier alpha value is -0.640. The largest absolute Gasteiger partial charge is 0.308 e. The Morgan fingerprint density at radius 1 is 1.25 bits per heavy atom. The number of benzene rings is 1. The molecule has 0 bridgehead atoms. The van der Waals surface area contributed by atoms with E-state index in [2.05, 4.69) is 63.9 Å². The number of rotatable bonds is 4. The SMILES string of the molecule is Cc1ccc(Br)cc1CNCc1cccs1. The molecule has 0 aliphatic heterocycles. The van der Waals surface area contributed by atoms with Gasteiger partial charge in [-0.15, -0.1) is 11.3 Å². The Bertz CT molecular complexity index is 451. The van der Waals surface area contributed by atoms with E-state index in [1.165, 1.54) is 16.0 Å². The first-order valence-electron chi connectivity index (χ1n) is 5.24. The summed E-state index contributed by atoms with van der Waals surface area (Å²) in [6, 6.07) is 10.7. The van der Waals surface area contributed by atoms with Crippen molar-refractivity contribution in [1.29, 1.82) is 0 Å². The second-order valence-electron chi connectivity index (χ2n) is 3.75. The fourth-order valence-corrected chi connectivity index (χ4v) is 2.65. The Morgan fingerprint density at radius 2 is 2.12 bits per heavy atom. The van der Waals surface area contributed by atoms with Gasteiger partial charge in [0, 0.05) is 22.4 Å². The first kappa shape index (κ1) is 11.8. The van der Waals surface area contributed by atoms with Gasteiger partial charge in [-0.2, -0.15) is 0 Å². The molecule has 2 rings (SSSR count). The van der Waals surface area contributed by atoms with E-state index in [0.717, 1.165) is 17.6 Å². The van der Waals surface area contributed by atoms with E-state index in [4.69, 9.17) is 0 Å². The fraction of sp³-hybridized carbons (Fsp3) is 0.231. The maximum Gasteiger partial charge on any atom is 0.0302 e. The maximum absolute atomic E-state index is 3.50. The molecular weight excluding hydrogens is 282 g/mol. The van der Waals surface area contributed by atoms with Gasteiger partial charge >= 0.3 is 0 Å². The molecule has 1 aromatic heterocycles. The molecule has 1 aromatic carbocycles. The van der Waals surface area contributed by atoms with Crippen LogP contribution in [0, 0.1) is 6.92 Å². The van der Waals surface area contributed by atoms with Gasteiger partial charge in [-0.3, -0.25) is 0 Å². The smallest absolute Gasteiger partial charge is 0.0302 e. The average Bonchev–Trinajstić information content (AvgIpc) is 2.76. The lowest BCUT2D eigenvalue weighted by atomic mass is 10.1. The van der Waals surface area contributed by atoms with Crippen molar-refractivity contribution in [3.8, 4) is 0 Å². The van der Waals surface area contributed by atoms with Crippen molar-refractivity contribution in [3.63, 3.8) is 0 Å². The zero-order chi connectivity index (χ0) is 11.4. The van der Waals surface area contributed by atoms with Crippen molar-refractivity contribution in [2.24, 2.45) is 0 Å². The molecule has 0 atom stereocenters. The van der Waals surface area contributed by atoms with E-state index in [-0.39, 0.29) is 0 Å². The van der Waals surface area contributed by atoms with Crippen LogP contribution in [0.25, 0.3) is 0 Å². The highest BCUT2D eigenvalue weighted by atomic mass is 79.9. The summed E-state index contributed by atoms with van der Waals surface area (Å²) >= 11 is 5.29. The van der Waals surface area contributed by atoms with Crippen LogP contribution in [0.2, 0.25) is 0 Å². The van der Waals surface area contributed by atoms with E-state index < -0.39 is 0 Å². The summed E-state index contributed by atoms with van der Waals surface area (Å²) in [6.07, 6.45) is 0. The Labute approximate surface area is 109 Å². The highest BCUT2D eigenvalue weighted by Crippen LogP contribution is 2.16. The first-order valence-corrected chi connectivity index (χ1v) is 6.91. The summed E-state index contributed by atoms with van der Waals surface area (Å²) in [5, 5.41) is 5.57. The lowest BCUT2D eigenvalue weighted by Crippen LogP contribution is -2.12. The lowest BCUT2D eigenvalue weighted by Gasteiger charge is -2.07. The zero-order valence-electron chi connectivity index (χ0n) is 9.16. The molecular formula is C13H14BrNS. The van der Waals surface area contributed by atoms with Crippen molar-refractivity contribution in [2.75, 3.05) is 0 Å². The van der Waals surface area contributed by atoms with Gasteiger partial charge in [0.2, 0.25) is 0 Å². The molecule has 1 nitrogen and oxygen atoms in total. The van der Waals surface area contributed by atoms with Crippen LogP contribution in [0.1, 0.15) is 16.0 Å². The molecule has 1 heterocycles. The zero-order valence-corrected chi connectivity index (χ0v) is 11.6. The fourth-order valence-electron chi connectivity index (χ4n) is 1.56. The molecule has 0 aliphatic carbocycles. The minimum atomic E-state index is 0.920. The van der Waals surface area contributed by atoms with Crippen LogP contribution in [0.3, 0.4) is 0 Å². The summed E-state index contributed by atoms with van der Waals surface area (Å²) in [7, 11) is 0. The van der Waals surface area contributed by atoms with Gasteiger partial charge in [0.1, 0.15) is 0 Å². The molecule has 1 N–H and O–H groups in total. The Kier molecular flexibility index (Phi) is 4.16. The van der Waals surface area contributed by atoms with E-state index in [0.29, 0.717) is 0 Å². The second-order valence-corrected chi connectivity index (χ2v) is 5.70. The third-order valence-electron chi connectivity index (χ3n) is 2.51. The quantitative estimate of drug-likeness (QED) is 0.895. The molecule has 3 heteroatoms. The highest BCUT2D eigenvalue weighted by molar-refractivity contribution is 9.10. The second kappa shape index (κ2) is 5.62. The van der Waals surface area contributed by atoms with Crippen molar-refractivity contribution >= 4 is 27.3 Å². The highest BCUT2D eigenvalue weighted by Gasteiger charge is 1.99. The summed E-state index contributed by atoms with van der Waals surface area (Å²) in [5.74, 6) is 0. The lowest BCUT2D eigenvalue weighted by molar-refractivity contribution is 0.698. The molecule has 0 aliphatic rings. The predicted octanol–water partition coefficient (Wildman–Crippen LogP) is 4.11. The summed E-state index contributed by atoms with van der Waals surface area (Å²) in [4.78, 5) is 1.38. The van der Waals surface area contributed by atoms with Crippen molar-refractivity contribution in [2.45, 2.75) is 20.0 Å². The van der Waals surface area contributed by atoms with Gasteiger partial charge in [0.05, 0.1) is 0 Å². The molecule has 0 saturated heterocycles. The van der Waals surface area contributed by atoms with Gasteiger partial charge in [-0.1, -0.05) is 28.1 Å². The topological polar surface area (TPSA) is 12.0 Å². The average molecular weight is 296 g/mol. The van der Waals surface area contributed by atoms with Crippen LogP contribution >= 0.6 is 27.3 Å². The summed E-state index contributed by atoms with van der Waals surface area (Å²) in [5.41, 5.74) is 2.69. The number of hydrogen-bond acceptors (Lipinski definition) is 2. The number of hydrogen-bond donors (Lipinski definition) is 1. The summed E-state index contributed by atoms with van der Waals surface area (Å²) in [6.45, 7) is 4.02. The molecule has 0 amide bonds. The molecule has 0 spiro atoms. The minimum absolute atomic E-state index is 0.920. The molecule has 0 unspecified atom stereocenters. The van der Waals surface area contributed by atoms with Crippen LogP contribution in [-0.2, 0) is 13.1 Å². The maximum atomic E-state index is 3.50. The Balaban J connectivity index is 1.92. The van der Waals surface area contributed by atoms with Gasteiger partial charge < -0.3 is 5.32 Å². The number of nitrogens with one attached hydrogen (secondary N) is 1. The third kappa shape index (κ3) is 3.17. The molecule has 0 saturated carbocycles. The molecule has 16 heavy (non-hydrogen) atoms. The predicted molar refractivity (Wildman–Crippen MR) is 73.7 cm³/mol. The van der Waals surface area contributed by atoms with Crippen LogP contribution in [0.5, 0.6) is 0 Å². The number of halogens is 1. The van der Waals surface area contributed by atoms with Crippen LogP contribution < -0.4 is 5.32 Å². The van der Waals surface area contributed by atoms with Gasteiger partial charge in [-0.25, -0.2) is 0 Å². The standard InChI is InChI=1S/C13H14BrNS/c1-10-4-5-12(14)7-11(10)8-15-9-13-3-2-6-16-13/h2-7,15H,8-9H2,1H3. The first-order chi connectivity index (χ1) is 7.75. The summed E-state index contributed by atoms with van der Waals surface area (Å²) < 4.78 is 1.14.